The number of aliphatic hydroxyl groups excluding tert-OH is 1. The van der Waals surface area contributed by atoms with Crippen molar-refractivity contribution in [2.45, 2.75) is 62.9 Å². The second-order valence-electron chi connectivity index (χ2n) is 5.88. The summed E-state index contributed by atoms with van der Waals surface area (Å²) in [6.45, 7) is 3.78. The van der Waals surface area contributed by atoms with Gasteiger partial charge in [-0.3, -0.25) is 0 Å². The first-order valence-corrected chi connectivity index (χ1v) is 7.38. The molecule has 0 amide bonds. The zero-order valence-corrected chi connectivity index (χ0v) is 11.8. The van der Waals surface area contributed by atoms with Crippen LogP contribution < -0.4 is 0 Å². The molecule has 20 heavy (non-hydrogen) atoms. The smallest absolute Gasteiger partial charge is 0.327 e. The highest BCUT2D eigenvalue weighted by Crippen LogP contribution is 2.50. The van der Waals surface area contributed by atoms with Crippen LogP contribution in [0.2, 0.25) is 0 Å². The molecular formula is C15H24O5. The van der Waals surface area contributed by atoms with Crippen LogP contribution in [0.4, 0.5) is 0 Å². The van der Waals surface area contributed by atoms with Crippen molar-refractivity contribution >= 4 is 5.97 Å². The Labute approximate surface area is 119 Å². The van der Waals surface area contributed by atoms with Crippen molar-refractivity contribution in [3.8, 4) is 0 Å². The molecule has 5 nitrogen and oxygen atoms in total. The third-order valence-corrected chi connectivity index (χ3v) is 4.45. The quantitative estimate of drug-likeness (QED) is 0.776. The molecule has 2 aliphatic carbocycles. The summed E-state index contributed by atoms with van der Waals surface area (Å²) in [7, 11) is 0. The molecule has 0 aromatic heterocycles. The molecule has 0 radical (unpaired) electrons. The second kappa shape index (κ2) is 6.70. The van der Waals surface area contributed by atoms with Crippen molar-refractivity contribution in [2.24, 2.45) is 5.92 Å². The average molecular weight is 284 g/mol. The Hall–Kier alpha value is -0.910. The number of rotatable bonds is 3. The predicted octanol–water partition coefficient (Wildman–Crippen LogP) is 2.09. The number of carbonyl (C=O) groups is 1. The SMILES string of the molecule is C=CC(=O)O.OC1CC2CCC1(OC1CCCCO1)C2. The molecule has 1 saturated heterocycles. The number of carboxylic acid groups (broad SMARTS) is 1. The monoisotopic (exact) mass is 284 g/mol. The van der Waals surface area contributed by atoms with Gasteiger partial charge >= 0.3 is 5.97 Å². The van der Waals surface area contributed by atoms with Crippen LogP contribution in [0.15, 0.2) is 12.7 Å². The fraction of sp³-hybridized carbons (Fsp3) is 0.800. The molecule has 1 heterocycles. The molecule has 3 fully saturated rings. The number of hydrogen-bond donors (Lipinski definition) is 2. The van der Waals surface area contributed by atoms with Gasteiger partial charge in [0.25, 0.3) is 0 Å². The molecule has 2 bridgehead atoms. The molecule has 1 aliphatic heterocycles. The van der Waals surface area contributed by atoms with Gasteiger partial charge in [0.2, 0.25) is 0 Å². The van der Waals surface area contributed by atoms with E-state index in [1.165, 1.54) is 12.8 Å². The molecule has 4 unspecified atom stereocenters. The van der Waals surface area contributed by atoms with E-state index in [0.717, 1.165) is 44.8 Å². The van der Waals surface area contributed by atoms with Gasteiger partial charge in [-0.25, -0.2) is 4.79 Å². The van der Waals surface area contributed by atoms with E-state index >= 15 is 0 Å². The summed E-state index contributed by atoms with van der Waals surface area (Å²) < 4.78 is 11.7. The Morgan fingerprint density at radius 1 is 1.40 bits per heavy atom. The first kappa shape index (κ1) is 15.5. The summed E-state index contributed by atoms with van der Waals surface area (Å²) in [6.07, 6.45) is 8.12. The maximum atomic E-state index is 10.0. The number of carboxylic acids is 1. The topological polar surface area (TPSA) is 76.0 Å². The van der Waals surface area contributed by atoms with Gasteiger partial charge in [-0.05, 0) is 50.9 Å². The van der Waals surface area contributed by atoms with Gasteiger partial charge in [-0.2, -0.15) is 0 Å². The van der Waals surface area contributed by atoms with Crippen LogP contribution in [0, 0.1) is 5.92 Å². The van der Waals surface area contributed by atoms with E-state index in [1.54, 1.807) is 0 Å². The standard InChI is InChI=1S/C12H20O3.C3H4O2/c13-10-7-9-4-5-12(10,8-9)15-11-3-1-2-6-14-11;1-2-3(4)5/h9-11,13H,1-8H2;2H,1H2,(H,4,5). The summed E-state index contributed by atoms with van der Waals surface area (Å²) >= 11 is 0. The Bertz CT molecular complexity index is 350. The average Bonchev–Trinajstić information content (AvgIpc) is 2.97. The summed E-state index contributed by atoms with van der Waals surface area (Å²) in [5.41, 5.74) is -0.243. The van der Waals surface area contributed by atoms with Gasteiger partial charge in [-0.1, -0.05) is 6.58 Å². The lowest BCUT2D eigenvalue weighted by atomic mass is 9.94. The normalized spacial score (nSPS) is 39.0. The van der Waals surface area contributed by atoms with Crippen molar-refractivity contribution in [1.82, 2.24) is 0 Å². The molecule has 3 rings (SSSR count). The van der Waals surface area contributed by atoms with E-state index in [9.17, 15) is 9.90 Å². The highest BCUT2D eigenvalue weighted by molar-refractivity contribution is 5.78. The second-order valence-corrected chi connectivity index (χ2v) is 5.88. The van der Waals surface area contributed by atoms with Crippen molar-refractivity contribution in [3.63, 3.8) is 0 Å². The minimum Gasteiger partial charge on any atom is -0.478 e. The third kappa shape index (κ3) is 3.59. The molecule has 0 aromatic rings. The van der Waals surface area contributed by atoms with Crippen LogP contribution in [0.1, 0.15) is 44.9 Å². The largest absolute Gasteiger partial charge is 0.478 e. The molecule has 2 saturated carbocycles. The van der Waals surface area contributed by atoms with Crippen LogP contribution in [-0.4, -0.2) is 40.8 Å². The van der Waals surface area contributed by atoms with Gasteiger partial charge in [0.05, 0.1) is 11.7 Å². The lowest BCUT2D eigenvalue weighted by Crippen LogP contribution is -2.44. The van der Waals surface area contributed by atoms with Gasteiger partial charge in [0.1, 0.15) is 0 Å². The van der Waals surface area contributed by atoms with Crippen LogP contribution in [-0.2, 0) is 14.3 Å². The highest BCUT2D eigenvalue weighted by atomic mass is 16.7. The van der Waals surface area contributed by atoms with E-state index in [4.69, 9.17) is 14.6 Å². The van der Waals surface area contributed by atoms with Crippen molar-refractivity contribution in [1.29, 1.82) is 0 Å². The molecular weight excluding hydrogens is 260 g/mol. The summed E-state index contributed by atoms with van der Waals surface area (Å²) in [6, 6.07) is 0. The Morgan fingerprint density at radius 3 is 2.60 bits per heavy atom. The number of fused-ring (bicyclic) bond motifs is 2. The number of ether oxygens (including phenoxy) is 2. The van der Waals surface area contributed by atoms with Crippen LogP contribution in [0.3, 0.4) is 0 Å². The zero-order valence-electron chi connectivity index (χ0n) is 11.8. The zero-order chi connectivity index (χ0) is 14.6. The molecule has 0 aromatic carbocycles. The van der Waals surface area contributed by atoms with Crippen LogP contribution in [0.25, 0.3) is 0 Å². The first-order valence-electron chi connectivity index (χ1n) is 7.38. The summed E-state index contributed by atoms with van der Waals surface area (Å²) in [5, 5.41) is 17.6. The fourth-order valence-electron chi connectivity index (χ4n) is 3.43. The molecule has 2 N–H and O–H groups in total. The van der Waals surface area contributed by atoms with Gasteiger partial charge in [0.15, 0.2) is 6.29 Å². The Kier molecular flexibility index (Phi) is 5.18. The fourth-order valence-corrected chi connectivity index (χ4v) is 3.43. The van der Waals surface area contributed by atoms with E-state index in [-0.39, 0.29) is 18.0 Å². The highest BCUT2D eigenvalue weighted by Gasteiger charge is 2.53. The maximum Gasteiger partial charge on any atom is 0.327 e. The van der Waals surface area contributed by atoms with Gasteiger partial charge in [-0.15, -0.1) is 0 Å². The van der Waals surface area contributed by atoms with E-state index in [0.29, 0.717) is 5.92 Å². The van der Waals surface area contributed by atoms with Crippen LogP contribution in [0.5, 0.6) is 0 Å². The first-order chi connectivity index (χ1) is 9.55. The number of aliphatic hydroxyl groups is 1. The van der Waals surface area contributed by atoms with E-state index in [2.05, 4.69) is 6.58 Å². The van der Waals surface area contributed by atoms with E-state index < -0.39 is 5.97 Å². The van der Waals surface area contributed by atoms with E-state index in [1.807, 2.05) is 0 Å². The summed E-state index contributed by atoms with van der Waals surface area (Å²) in [4.78, 5) is 9.25. The summed E-state index contributed by atoms with van der Waals surface area (Å²) in [5.74, 6) is -0.284. The minimum atomic E-state index is -0.981. The Balaban J connectivity index is 0.000000257. The van der Waals surface area contributed by atoms with Crippen molar-refractivity contribution in [2.75, 3.05) is 6.61 Å². The van der Waals surface area contributed by atoms with Crippen molar-refractivity contribution in [3.05, 3.63) is 12.7 Å². The number of hydrogen-bond acceptors (Lipinski definition) is 4. The van der Waals surface area contributed by atoms with Crippen molar-refractivity contribution < 1.29 is 24.5 Å². The Morgan fingerprint density at radius 2 is 2.15 bits per heavy atom. The molecule has 0 spiro atoms. The predicted molar refractivity (Wildman–Crippen MR) is 73.2 cm³/mol. The third-order valence-electron chi connectivity index (χ3n) is 4.45. The molecule has 3 aliphatic rings. The molecule has 5 heteroatoms. The minimum absolute atomic E-state index is 0.0507. The molecule has 114 valence electrons. The maximum absolute atomic E-state index is 10.0. The molecule has 4 atom stereocenters. The lowest BCUT2D eigenvalue weighted by Gasteiger charge is -2.36. The van der Waals surface area contributed by atoms with Crippen LogP contribution >= 0.6 is 0 Å². The van der Waals surface area contributed by atoms with Gasteiger partial charge in [0, 0.05) is 12.7 Å². The number of aliphatic carboxylic acids is 1. The lowest BCUT2D eigenvalue weighted by molar-refractivity contribution is -0.243. The van der Waals surface area contributed by atoms with Gasteiger partial charge < -0.3 is 19.7 Å².